The van der Waals surface area contributed by atoms with E-state index in [9.17, 15) is 0 Å². The average molecular weight is 174 g/mol. The Labute approximate surface area is 78.7 Å². The molecule has 0 atom stereocenters. The lowest BCUT2D eigenvalue weighted by molar-refractivity contribution is 0.796. The fourth-order valence-corrected chi connectivity index (χ4v) is 1.71. The number of aryl methyl sites for hydroxylation is 1. The molecule has 68 valence electrons. The first kappa shape index (κ1) is 8.42. The summed E-state index contributed by atoms with van der Waals surface area (Å²) in [6, 6.07) is 0. The number of hydrogen-bond acceptors (Lipinski definition) is 2. The Bertz CT molecular complexity index is 340. The fraction of sp³-hybridized carbons (Fsp3) is 0.455. The van der Waals surface area contributed by atoms with Gasteiger partial charge in [-0.1, -0.05) is 26.0 Å². The van der Waals surface area contributed by atoms with Gasteiger partial charge in [0.05, 0.1) is 11.9 Å². The minimum Gasteiger partial charge on any atom is -0.159 e. The second-order valence-corrected chi connectivity index (χ2v) is 3.76. The largest absolute Gasteiger partial charge is 0.159 e. The van der Waals surface area contributed by atoms with Crippen molar-refractivity contribution in [2.45, 2.75) is 32.6 Å². The SMILES string of the molecule is CC(C)c1cnnc2c1C=CCC2. The summed E-state index contributed by atoms with van der Waals surface area (Å²) in [5.41, 5.74) is 3.78. The highest BCUT2D eigenvalue weighted by Crippen LogP contribution is 2.25. The lowest BCUT2D eigenvalue weighted by atomic mass is 9.94. The zero-order valence-electron chi connectivity index (χ0n) is 8.12. The van der Waals surface area contributed by atoms with E-state index in [0.717, 1.165) is 18.5 Å². The van der Waals surface area contributed by atoms with Gasteiger partial charge in [-0.05, 0) is 24.3 Å². The molecule has 0 fully saturated rings. The van der Waals surface area contributed by atoms with Gasteiger partial charge in [0.2, 0.25) is 0 Å². The van der Waals surface area contributed by atoms with Crippen LogP contribution in [0.3, 0.4) is 0 Å². The van der Waals surface area contributed by atoms with Crippen LogP contribution in [0.4, 0.5) is 0 Å². The molecule has 2 nitrogen and oxygen atoms in total. The molecule has 0 spiro atoms. The van der Waals surface area contributed by atoms with Crippen molar-refractivity contribution in [2.75, 3.05) is 0 Å². The highest BCUT2D eigenvalue weighted by Gasteiger charge is 2.12. The van der Waals surface area contributed by atoms with E-state index in [4.69, 9.17) is 0 Å². The maximum Gasteiger partial charge on any atom is 0.0709 e. The highest BCUT2D eigenvalue weighted by atomic mass is 15.1. The molecular weight excluding hydrogens is 160 g/mol. The van der Waals surface area contributed by atoms with Gasteiger partial charge >= 0.3 is 0 Å². The first-order valence-corrected chi connectivity index (χ1v) is 4.80. The molecule has 0 aliphatic heterocycles. The number of hydrogen-bond donors (Lipinski definition) is 0. The van der Waals surface area contributed by atoms with Crippen molar-refractivity contribution < 1.29 is 0 Å². The number of aromatic nitrogens is 2. The van der Waals surface area contributed by atoms with Gasteiger partial charge in [0.15, 0.2) is 0 Å². The van der Waals surface area contributed by atoms with Crippen LogP contribution in [-0.2, 0) is 6.42 Å². The van der Waals surface area contributed by atoms with Gasteiger partial charge in [0, 0.05) is 5.56 Å². The lowest BCUT2D eigenvalue weighted by Gasteiger charge is -2.14. The molecule has 13 heavy (non-hydrogen) atoms. The van der Waals surface area contributed by atoms with Crippen molar-refractivity contribution in [1.29, 1.82) is 0 Å². The molecule has 1 heterocycles. The topological polar surface area (TPSA) is 25.8 Å². The second kappa shape index (κ2) is 3.29. The van der Waals surface area contributed by atoms with Gasteiger partial charge in [0.1, 0.15) is 0 Å². The minimum atomic E-state index is 0.534. The lowest BCUT2D eigenvalue weighted by Crippen LogP contribution is -2.05. The molecule has 1 aromatic heterocycles. The molecule has 1 aromatic rings. The minimum absolute atomic E-state index is 0.534. The first-order chi connectivity index (χ1) is 6.29. The van der Waals surface area contributed by atoms with E-state index in [0.29, 0.717) is 5.92 Å². The normalized spacial score (nSPS) is 14.7. The molecule has 0 N–H and O–H groups in total. The predicted molar refractivity (Wildman–Crippen MR) is 53.5 cm³/mol. The average Bonchev–Trinajstić information content (AvgIpc) is 2.17. The number of allylic oxidation sites excluding steroid dienone is 1. The molecule has 0 amide bonds. The third-order valence-corrected chi connectivity index (χ3v) is 2.45. The third kappa shape index (κ3) is 1.48. The molecule has 0 saturated carbocycles. The maximum absolute atomic E-state index is 4.16. The smallest absolute Gasteiger partial charge is 0.0709 e. The Hall–Kier alpha value is -1.18. The van der Waals surface area contributed by atoms with E-state index < -0.39 is 0 Å². The number of nitrogens with zero attached hydrogens (tertiary/aromatic N) is 2. The Morgan fingerprint density at radius 2 is 2.23 bits per heavy atom. The Morgan fingerprint density at radius 3 is 3.00 bits per heavy atom. The molecule has 0 bridgehead atoms. The molecule has 2 heteroatoms. The zero-order valence-corrected chi connectivity index (χ0v) is 8.12. The Morgan fingerprint density at radius 1 is 1.38 bits per heavy atom. The van der Waals surface area contributed by atoms with Crippen LogP contribution < -0.4 is 0 Å². The van der Waals surface area contributed by atoms with Crippen LogP contribution in [0.5, 0.6) is 0 Å². The first-order valence-electron chi connectivity index (χ1n) is 4.80. The summed E-state index contributed by atoms with van der Waals surface area (Å²) in [7, 11) is 0. The molecule has 0 unspecified atom stereocenters. The molecule has 0 aromatic carbocycles. The standard InChI is InChI=1S/C11H14N2/c1-8(2)10-7-12-13-11-6-4-3-5-9(10)11/h3,5,7-8H,4,6H2,1-2H3. The summed E-state index contributed by atoms with van der Waals surface area (Å²) in [4.78, 5) is 0. The molecule has 0 saturated heterocycles. The van der Waals surface area contributed by atoms with E-state index in [1.165, 1.54) is 11.1 Å². The summed E-state index contributed by atoms with van der Waals surface area (Å²) in [6.07, 6.45) is 8.43. The number of fused-ring (bicyclic) bond motifs is 1. The van der Waals surface area contributed by atoms with E-state index in [-0.39, 0.29) is 0 Å². The van der Waals surface area contributed by atoms with Crippen LogP contribution in [0.1, 0.15) is 43.0 Å². The van der Waals surface area contributed by atoms with Gasteiger partial charge in [0.25, 0.3) is 0 Å². The van der Waals surface area contributed by atoms with E-state index in [2.05, 4.69) is 36.2 Å². The summed E-state index contributed by atoms with van der Waals surface area (Å²) >= 11 is 0. The van der Waals surface area contributed by atoms with Gasteiger partial charge in [-0.2, -0.15) is 10.2 Å². The summed E-state index contributed by atoms with van der Waals surface area (Å²) in [6.45, 7) is 4.39. The quantitative estimate of drug-likeness (QED) is 0.654. The van der Waals surface area contributed by atoms with Crippen molar-refractivity contribution in [2.24, 2.45) is 0 Å². The van der Waals surface area contributed by atoms with Crippen LogP contribution in [0, 0.1) is 0 Å². The van der Waals surface area contributed by atoms with Gasteiger partial charge in [-0.25, -0.2) is 0 Å². The maximum atomic E-state index is 4.16. The van der Waals surface area contributed by atoms with Crippen molar-refractivity contribution >= 4 is 6.08 Å². The molecular formula is C11H14N2. The predicted octanol–water partition coefficient (Wildman–Crippen LogP) is 2.56. The highest BCUT2D eigenvalue weighted by molar-refractivity contribution is 5.58. The van der Waals surface area contributed by atoms with Crippen LogP contribution in [0.15, 0.2) is 12.3 Å². The fourth-order valence-electron chi connectivity index (χ4n) is 1.71. The van der Waals surface area contributed by atoms with Gasteiger partial charge in [-0.3, -0.25) is 0 Å². The van der Waals surface area contributed by atoms with Gasteiger partial charge in [-0.15, -0.1) is 0 Å². The molecule has 1 aliphatic carbocycles. The Balaban J connectivity index is 2.54. The molecule has 1 aliphatic rings. The van der Waals surface area contributed by atoms with Crippen molar-refractivity contribution in [3.63, 3.8) is 0 Å². The summed E-state index contributed by atoms with van der Waals surface area (Å²) in [5.74, 6) is 0.534. The summed E-state index contributed by atoms with van der Waals surface area (Å²) in [5, 5.41) is 8.20. The zero-order chi connectivity index (χ0) is 9.26. The molecule has 2 rings (SSSR count). The van der Waals surface area contributed by atoms with Crippen LogP contribution in [0.2, 0.25) is 0 Å². The molecule has 0 radical (unpaired) electrons. The third-order valence-electron chi connectivity index (χ3n) is 2.45. The second-order valence-electron chi connectivity index (χ2n) is 3.76. The van der Waals surface area contributed by atoms with Crippen LogP contribution >= 0.6 is 0 Å². The van der Waals surface area contributed by atoms with E-state index in [1.807, 2.05) is 6.20 Å². The summed E-state index contributed by atoms with van der Waals surface area (Å²) < 4.78 is 0. The van der Waals surface area contributed by atoms with E-state index >= 15 is 0 Å². The monoisotopic (exact) mass is 174 g/mol. The van der Waals surface area contributed by atoms with E-state index in [1.54, 1.807) is 0 Å². The van der Waals surface area contributed by atoms with Crippen LogP contribution in [-0.4, -0.2) is 10.2 Å². The van der Waals surface area contributed by atoms with Crippen LogP contribution in [0.25, 0.3) is 6.08 Å². The van der Waals surface area contributed by atoms with Gasteiger partial charge < -0.3 is 0 Å². The van der Waals surface area contributed by atoms with Crippen molar-refractivity contribution in [3.05, 3.63) is 29.1 Å². The van der Waals surface area contributed by atoms with Crippen molar-refractivity contribution in [3.8, 4) is 0 Å². The Kier molecular flexibility index (Phi) is 2.13. The number of rotatable bonds is 1. The van der Waals surface area contributed by atoms with Crippen molar-refractivity contribution in [1.82, 2.24) is 10.2 Å².